The van der Waals surface area contributed by atoms with Gasteiger partial charge in [-0.2, -0.15) is 5.26 Å². The average Bonchev–Trinajstić information content (AvgIpc) is 2.20. The van der Waals surface area contributed by atoms with E-state index in [0.29, 0.717) is 10.0 Å². The normalized spacial score (nSPS) is 9.40. The zero-order valence-electron chi connectivity index (χ0n) is 7.86. The van der Waals surface area contributed by atoms with E-state index in [-0.39, 0.29) is 17.9 Å². The van der Waals surface area contributed by atoms with Gasteiger partial charge in [0.05, 0.1) is 24.5 Å². The van der Waals surface area contributed by atoms with Gasteiger partial charge >= 0.3 is 5.69 Å². The molecule has 0 N–H and O–H groups in total. The molecule has 0 aromatic heterocycles. The van der Waals surface area contributed by atoms with Crippen molar-refractivity contribution in [2.75, 3.05) is 7.11 Å². The Hall–Kier alpha value is -1.61. The van der Waals surface area contributed by atoms with Gasteiger partial charge in [0, 0.05) is 10.5 Å². The van der Waals surface area contributed by atoms with Gasteiger partial charge < -0.3 is 4.74 Å². The van der Waals surface area contributed by atoms with Crippen molar-refractivity contribution < 1.29 is 9.66 Å². The Balaban J connectivity index is 3.30. The maximum absolute atomic E-state index is 10.6. The third-order valence-corrected chi connectivity index (χ3v) is 2.55. The molecule has 78 valence electrons. The Kier molecular flexibility index (Phi) is 3.63. The first kappa shape index (κ1) is 11.5. The Morgan fingerprint density at radius 3 is 2.80 bits per heavy atom. The van der Waals surface area contributed by atoms with Crippen LogP contribution in [-0.4, -0.2) is 12.0 Å². The second-order valence-corrected chi connectivity index (χ2v) is 3.56. The molecule has 0 unspecified atom stereocenters. The van der Waals surface area contributed by atoms with Crippen LogP contribution in [0.3, 0.4) is 0 Å². The number of hydrogen-bond donors (Lipinski definition) is 0. The highest BCUT2D eigenvalue weighted by atomic mass is 79.9. The van der Waals surface area contributed by atoms with Crippen LogP contribution in [0.4, 0.5) is 5.69 Å². The number of halogens is 1. The number of nitro groups is 1. The SMILES string of the molecule is COc1cc(CC#N)c(Br)cc1[N+](=O)[O-]. The summed E-state index contributed by atoms with van der Waals surface area (Å²) in [7, 11) is 1.35. The highest BCUT2D eigenvalue weighted by Gasteiger charge is 2.17. The van der Waals surface area contributed by atoms with Crippen molar-refractivity contribution in [3.8, 4) is 11.8 Å². The van der Waals surface area contributed by atoms with Gasteiger partial charge in [-0.1, -0.05) is 15.9 Å². The molecule has 1 aromatic carbocycles. The molecular formula is C9H7BrN2O3. The summed E-state index contributed by atoms with van der Waals surface area (Å²) < 4.78 is 5.42. The molecule has 0 amide bonds. The van der Waals surface area contributed by atoms with Crippen molar-refractivity contribution in [2.45, 2.75) is 6.42 Å². The molecule has 6 heteroatoms. The second-order valence-electron chi connectivity index (χ2n) is 2.71. The van der Waals surface area contributed by atoms with Gasteiger partial charge in [0.1, 0.15) is 0 Å². The van der Waals surface area contributed by atoms with Gasteiger partial charge in [-0.3, -0.25) is 10.1 Å². The van der Waals surface area contributed by atoms with E-state index < -0.39 is 4.92 Å². The molecule has 1 rings (SSSR count). The minimum Gasteiger partial charge on any atom is -0.490 e. The minimum absolute atomic E-state index is 0.119. The zero-order valence-corrected chi connectivity index (χ0v) is 9.44. The van der Waals surface area contributed by atoms with E-state index in [1.54, 1.807) is 0 Å². The fraction of sp³-hybridized carbons (Fsp3) is 0.222. The molecule has 0 radical (unpaired) electrons. The number of nitro benzene ring substituents is 1. The lowest BCUT2D eigenvalue weighted by Gasteiger charge is -2.05. The van der Waals surface area contributed by atoms with Crippen LogP contribution in [0, 0.1) is 21.4 Å². The number of nitriles is 1. The van der Waals surface area contributed by atoms with Crippen LogP contribution in [0.25, 0.3) is 0 Å². The maximum Gasteiger partial charge on any atom is 0.312 e. The lowest BCUT2D eigenvalue weighted by molar-refractivity contribution is -0.385. The van der Waals surface area contributed by atoms with E-state index in [1.807, 2.05) is 6.07 Å². The number of ether oxygens (including phenoxy) is 1. The van der Waals surface area contributed by atoms with Crippen LogP contribution in [0.2, 0.25) is 0 Å². The van der Waals surface area contributed by atoms with Gasteiger partial charge in [0.25, 0.3) is 0 Å². The van der Waals surface area contributed by atoms with Crippen molar-refractivity contribution in [3.63, 3.8) is 0 Å². The summed E-state index contributed by atoms with van der Waals surface area (Å²) in [6.07, 6.45) is 0.176. The van der Waals surface area contributed by atoms with Crippen molar-refractivity contribution in [1.29, 1.82) is 5.26 Å². The predicted molar refractivity (Wildman–Crippen MR) is 56.7 cm³/mol. The van der Waals surface area contributed by atoms with E-state index in [4.69, 9.17) is 10.00 Å². The van der Waals surface area contributed by atoms with Gasteiger partial charge in [0.2, 0.25) is 0 Å². The molecule has 0 atom stereocenters. The Bertz CT molecular complexity index is 440. The molecule has 1 aromatic rings. The third-order valence-electron chi connectivity index (χ3n) is 1.81. The maximum atomic E-state index is 10.6. The molecule has 0 bridgehead atoms. The number of benzene rings is 1. The van der Waals surface area contributed by atoms with Crippen molar-refractivity contribution in [2.24, 2.45) is 0 Å². The topological polar surface area (TPSA) is 76.2 Å². The van der Waals surface area contributed by atoms with E-state index in [0.717, 1.165) is 0 Å². The summed E-state index contributed by atoms with van der Waals surface area (Å²) in [5.41, 5.74) is 0.547. The van der Waals surface area contributed by atoms with Crippen LogP contribution in [-0.2, 0) is 6.42 Å². The summed E-state index contributed by atoms with van der Waals surface area (Å²) in [6.45, 7) is 0. The summed E-state index contributed by atoms with van der Waals surface area (Å²) in [6, 6.07) is 4.80. The Morgan fingerprint density at radius 2 is 2.33 bits per heavy atom. The van der Waals surface area contributed by atoms with Crippen molar-refractivity contribution in [1.82, 2.24) is 0 Å². The summed E-state index contributed by atoms with van der Waals surface area (Å²) in [5.74, 6) is 0.161. The van der Waals surface area contributed by atoms with Gasteiger partial charge in [0.15, 0.2) is 5.75 Å². The van der Waals surface area contributed by atoms with E-state index in [2.05, 4.69) is 15.9 Å². The molecule has 5 nitrogen and oxygen atoms in total. The molecule has 15 heavy (non-hydrogen) atoms. The minimum atomic E-state index is -0.528. The van der Waals surface area contributed by atoms with E-state index in [1.165, 1.54) is 19.2 Å². The first-order valence-corrected chi connectivity index (χ1v) is 4.77. The molecule has 0 fully saturated rings. The summed E-state index contributed by atoms with van der Waals surface area (Å²) in [4.78, 5) is 10.1. The molecule has 0 aliphatic rings. The first-order chi connectivity index (χ1) is 7.10. The average molecular weight is 271 g/mol. The zero-order chi connectivity index (χ0) is 11.4. The second kappa shape index (κ2) is 4.75. The van der Waals surface area contributed by atoms with E-state index in [9.17, 15) is 10.1 Å². The van der Waals surface area contributed by atoms with Gasteiger partial charge in [-0.25, -0.2) is 0 Å². The van der Waals surface area contributed by atoms with Crippen LogP contribution in [0.1, 0.15) is 5.56 Å². The van der Waals surface area contributed by atoms with Crippen LogP contribution >= 0.6 is 15.9 Å². The van der Waals surface area contributed by atoms with Gasteiger partial charge in [-0.05, 0) is 11.6 Å². The monoisotopic (exact) mass is 270 g/mol. The largest absolute Gasteiger partial charge is 0.490 e. The predicted octanol–water partition coefficient (Wildman–Crippen LogP) is 2.43. The number of rotatable bonds is 3. The number of hydrogen-bond acceptors (Lipinski definition) is 4. The van der Waals surface area contributed by atoms with Crippen LogP contribution in [0.15, 0.2) is 16.6 Å². The van der Waals surface area contributed by atoms with Crippen LogP contribution in [0.5, 0.6) is 5.75 Å². The molecule has 0 saturated carbocycles. The third kappa shape index (κ3) is 2.44. The molecular weight excluding hydrogens is 264 g/mol. The fourth-order valence-electron chi connectivity index (χ4n) is 1.11. The first-order valence-electron chi connectivity index (χ1n) is 3.98. The number of nitrogens with zero attached hydrogens (tertiary/aromatic N) is 2. The summed E-state index contributed by atoms with van der Waals surface area (Å²) in [5, 5.41) is 19.2. The van der Waals surface area contributed by atoms with Crippen molar-refractivity contribution in [3.05, 3.63) is 32.3 Å². The molecule has 0 spiro atoms. The van der Waals surface area contributed by atoms with Crippen LogP contribution < -0.4 is 4.74 Å². The standard InChI is InChI=1S/C9H7BrN2O3/c1-15-9-4-6(2-3-11)7(10)5-8(9)12(13)14/h4-5H,2H2,1H3. The lowest BCUT2D eigenvalue weighted by Crippen LogP contribution is -1.96. The Labute approximate surface area is 94.6 Å². The molecule has 0 heterocycles. The molecule has 0 aliphatic carbocycles. The fourth-order valence-corrected chi connectivity index (χ4v) is 1.58. The number of methoxy groups -OCH3 is 1. The lowest BCUT2D eigenvalue weighted by atomic mass is 10.1. The summed E-state index contributed by atoms with van der Waals surface area (Å²) >= 11 is 3.17. The quantitative estimate of drug-likeness (QED) is 0.624. The van der Waals surface area contributed by atoms with E-state index >= 15 is 0 Å². The van der Waals surface area contributed by atoms with Crippen molar-refractivity contribution >= 4 is 21.6 Å². The highest BCUT2D eigenvalue weighted by molar-refractivity contribution is 9.10. The van der Waals surface area contributed by atoms with Gasteiger partial charge in [-0.15, -0.1) is 0 Å². The molecule has 0 aliphatic heterocycles. The molecule has 0 saturated heterocycles. The smallest absolute Gasteiger partial charge is 0.312 e. The Morgan fingerprint density at radius 1 is 1.67 bits per heavy atom. The highest BCUT2D eigenvalue weighted by Crippen LogP contribution is 2.33.